The molecule has 3 saturated carbocycles. The number of carboxylic acid groups (broad SMARTS) is 1. The van der Waals surface area contributed by atoms with Crippen LogP contribution in [-0.2, 0) is 4.79 Å². The van der Waals surface area contributed by atoms with Crippen molar-refractivity contribution in [3.05, 3.63) is 45.7 Å². The zero-order valence-electron chi connectivity index (χ0n) is 22.9. The molecule has 0 bridgehead atoms. The van der Waals surface area contributed by atoms with Crippen molar-refractivity contribution >= 4 is 35.1 Å². The molecule has 2 N–H and O–H groups in total. The van der Waals surface area contributed by atoms with Crippen molar-refractivity contribution in [3.8, 4) is 5.75 Å². The first-order valence-electron chi connectivity index (χ1n) is 13.7. The molecule has 8 nitrogen and oxygen atoms in total. The van der Waals surface area contributed by atoms with Crippen molar-refractivity contribution in [1.82, 2.24) is 14.7 Å². The highest BCUT2D eigenvalue weighted by atomic mass is 35.5. The van der Waals surface area contributed by atoms with Gasteiger partial charge in [0, 0.05) is 11.6 Å². The van der Waals surface area contributed by atoms with Gasteiger partial charge in [-0.25, -0.2) is 0 Å². The summed E-state index contributed by atoms with van der Waals surface area (Å²) in [6.07, 6.45) is 4.47. The molecule has 0 aliphatic heterocycles. The molecular formula is C29H37Cl2N3O5. The van der Waals surface area contributed by atoms with Crippen molar-refractivity contribution in [2.75, 3.05) is 13.7 Å². The number of aromatic nitrogens is 2. The van der Waals surface area contributed by atoms with Gasteiger partial charge in [0.2, 0.25) is 0 Å². The number of aliphatic hydroxyl groups is 1. The minimum Gasteiger partial charge on any atom is -0.496 e. The summed E-state index contributed by atoms with van der Waals surface area (Å²) in [5.74, 6) is 0.508. The SMILES string of the molecule is COc1cccc(Cl)c1[C@H](O)CN(C(=O)c1cnn([C@H]2CC[C@](C)(C(=O)O)CC2)c1Cl)[C@H]1C[C@@H]2[C@H](C1)C2(C)C. The van der Waals surface area contributed by atoms with Crippen LogP contribution in [0.15, 0.2) is 24.4 Å². The third kappa shape index (κ3) is 4.93. The number of benzene rings is 1. The van der Waals surface area contributed by atoms with Crippen molar-refractivity contribution in [1.29, 1.82) is 0 Å². The topological polar surface area (TPSA) is 105 Å². The Balaban J connectivity index is 1.39. The lowest BCUT2D eigenvalue weighted by Crippen LogP contribution is -2.43. The van der Waals surface area contributed by atoms with E-state index in [2.05, 4.69) is 18.9 Å². The predicted octanol–water partition coefficient (Wildman–Crippen LogP) is 6.01. The van der Waals surface area contributed by atoms with Crippen LogP contribution < -0.4 is 4.74 Å². The van der Waals surface area contributed by atoms with E-state index in [0.29, 0.717) is 59.4 Å². The highest BCUT2D eigenvalue weighted by molar-refractivity contribution is 6.33. The van der Waals surface area contributed by atoms with Crippen LogP contribution in [0.1, 0.15) is 87.4 Å². The van der Waals surface area contributed by atoms with Crippen LogP contribution in [0.2, 0.25) is 10.2 Å². The first kappa shape index (κ1) is 28.2. The van der Waals surface area contributed by atoms with E-state index in [1.165, 1.54) is 13.3 Å². The largest absolute Gasteiger partial charge is 0.496 e. The van der Waals surface area contributed by atoms with Crippen LogP contribution in [0.3, 0.4) is 0 Å². The molecule has 1 heterocycles. The molecule has 3 fully saturated rings. The molecule has 3 aliphatic rings. The van der Waals surface area contributed by atoms with Crippen LogP contribution in [0, 0.1) is 22.7 Å². The second kappa shape index (κ2) is 10.3. The lowest BCUT2D eigenvalue weighted by molar-refractivity contribution is -0.150. The van der Waals surface area contributed by atoms with Gasteiger partial charge in [0.15, 0.2) is 0 Å². The Hall–Kier alpha value is -2.29. The van der Waals surface area contributed by atoms with E-state index in [1.54, 1.807) is 34.7 Å². The molecule has 1 aromatic carbocycles. The Morgan fingerprint density at radius 1 is 1.18 bits per heavy atom. The number of methoxy groups -OCH3 is 1. The van der Waals surface area contributed by atoms with Gasteiger partial charge in [-0.2, -0.15) is 5.10 Å². The quantitative estimate of drug-likeness (QED) is 0.397. The Bertz CT molecular complexity index is 1260. The number of amides is 1. The minimum atomic E-state index is -1.05. The van der Waals surface area contributed by atoms with E-state index < -0.39 is 17.5 Å². The highest BCUT2D eigenvalue weighted by Crippen LogP contribution is 2.67. The molecule has 0 unspecified atom stereocenters. The summed E-state index contributed by atoms with van der Waals surface area (Å²) < 4.78 is 7.11. The van der Waals surface area contributed by atoms with Gasteiger partial charge in [-0.05, 0) is 74.8 Å². The number of carbonyl (C=O) groups is 2. The number of hydrogen-bond donors (Lipinski definition) is 2. The maximum Gasteiger partial charge on any atom is 0.309 e. The summed E-state index contributed by atoms with van der Waals surface area (Å²) >= 11 is 13.2. The summed E-state index contributed by atoms with van der Waals surface area (Å²) in [6, 6.07) is 5.09. The maximum atomic E-state index is 14.1. The number of ether oxygens (including phenoxy) is 1. The number of nitrogens with zero attached hydrogens (tertiary/aromatic N) is 3. The lowest BCUT2D eigenvalue weighted by Gasteiger charge is -2.34. The molecule has 5 rings (SSSR count). The Labute approximate surface area is 239 Å². The number of carboxylic acids is 1. The zero-order chi connectivity index (χ0) is 28.3. The molecule has 0 radical (unpaired) electrons. The van der Waals surface area contributed by atoms with Gasteiger partial charge < -0.3 is 19.8 Å². The monoisotopic (exact) mass is 577 g/mol. The number of aliphatic carboxylic acids is 1. The molecule has 3 aliphatic carbocycles. The third-order valence-corrected chi connectivity index (χ3v) is 10.6. The molecule has 1 aromatic heterocycles. The standard InChI is InChI=1S/C29H37Cl2N3O5/c1-28(2)19-12-17(13-20(19)28)33(15-22(35)24-21(30)6-5-7-23(24)39-4)26(36)18-14-32-34(25(18)31)16-8-10-29(3,11-9-16)27(37)38/h5-7,14,16-17,19-20,22,35H,8-13,15H2,1-4H3,(H,37,38)/t16-,17-,19+,20-,22-,29-/m1/s1. The van der Waals surface area contributed by atoms with Crippen molar-refractivity contribution in [2.24, 2.45) is 22.7 Å². The number of halogens is 2. The van der Waals surface area contributed by atoms with Gasteiger partial charge in [0.1, 0.15) is 17.0 Å². The van der Waals surface area contributed by atoms with Crippen LogP contribution in [0.4, 0.5) is 0 Å². The molecule has 1 amide bonds. The summed E-state index contributed by atoms with van der Waals surface area (Å²) in [6.45, 7) is 6.37. The second-order valence-corrected chi connectivity index (χ2v) is 13.1. The van der Waals surface area contributed by atoms with Crippen LogP contribution in [-0.4, -0.2) is 56.5 Å². The average molecular weight is 579 g/mol. The number of carbonyl (C=O) groups excluding carboxylic acids is 1. The summed E-state index contributed by atoms with van der Waals surface area (Å²) in [4.78, 5) is 27.5. The Kier molecular flexibility index (Phi) is 7.44. The number of rotatable bonds is 8. The second-order valence-electron chi connectivity index (χ2n) is 12.4. The van der Waals surface area contributed by atoms with Gasteiger partial charge in [0.05, 0.1) is 41.9 Å². The molecular weight excluding hydrogens is 541 g/mol. The highest BCUT2D eigenvalue weighted by Gasteiger charge is 2.63. The van der Waals surface area contributed by atoms with E-state index in [4.69, 9.17) is 27.9 Å². The molecule has 0 saturated heterocycles. The van der Waals surface area contributed by atoms with Gasteiger partial charge in [-0.1, -0.05) is 43.1 Å². The average Bonchev–Trinajstić information content (AvgIpc) is 3.27. The van der Waals surface area contributed by atoms with Gasteiger partial charge >= 0.3 is 5.97 Å². The summed E-state index contributed by atoms with van der Waals surface area (Å²) in [5.41, 5.74) is 0.275. The minimum absolute atomic E-state index is 0.0333. The predicted molar refractivity (Wildman–Crippen MR) is 148 cm³/mol. The summed E-state index contributed by atoms with van der Waals surface area (Å²) in [5, 5.41) is 26.0. The molecule has 2 aromatic rings. The molecule has 39 heavy (non-hydrogen) atoms. The number of fused-ring (bicyclic) bond motifs is 1. The zero-order valence-corrected chi connectivity index (χ0v) is 24.4. The van der Waals surface area contributed by atoms with Crippen LogP contribution in [0.5, 0.6) is 5.75 Å². The molecule has 10 heteroatoms. The third-order valence-electron chi connectivity index (χ3n) is 9.86. The fourth-order valence-electron chi connectivity index (χ4n) is 7.02. The van der Waals surface area contributed by atoms with Crippen LogP contribution >= 0.6 is 23.2 Å². The van der Waals surface area contributed by atoms with Gasteiger partial charge in [-0.3, -0.25) is 14.3 Å². The maximum absolute atomic E-state index is 14.1. The van der Waals surface area contributed by atoms with Crippen molar-refractivity contribution < 1.29 is 24.5 Å². The fourth-order valence-corrected chi connectivity index (χ4v) is 7.63. The van der Waals surface area contributed by atoms with E-state index in [-0.39, 0.29) is 35.1 Å². The first-order chi connectivity index (χ1) is 18.4. The van der Waals surface area contributed by atoms with Gasteiger partial charge in [0.25, 0.3) is 5.91 Å². The lowest BCUT2D eigenvalue weighted by atomic mass is 9.74. The normalized spacial score (nSPS) is 29.9. The number of aliphatic hydroxyl groups excluding tert-OH is 1. The van der Waals surface area contributed by atoms with Crippen molar-refractivity contribution in [2.45, 2.75) is 77.5 Å². The van der Waals surface area contributed by atoms with Crippen molar-refractivity contribution in [3.63, 3.8) is 0 Å². The Morgan fingerprint density at radius 3 is 2.41 bits per heavy atom. The number of hydrogen-bond acceptors (Lipinski definition) is 5. The van der Waals surface area contributed by atoms with Gasteiger partial charge in [-0.15, -0.1) is 0 Å². The first-order valence-corrected chi connectivity index (χ1v) is 14.4. The van der Waals surface area contributed by atoms with E-state index in [0.717, 1.165) is 12.8 Å². The van der Waals surface area contributed by atoms with Crippen LogP contribution in [0.25, 0.3) is 0 Å². The van der Waals surface area contributed by atoms with E-state index in [1.807, 2.05) is 0 Å². The van der Waals surface area contributed by atoms with E-state index in [9.17, 15) is 19.8 Å². The van der Waals surface area contributed by atoms with E-state index >= 15 is 0 Å². The Morgan fingerprint density at radius 2 is 1.82 bits per heavy atom. The molecule has 0 spiro atoms. The fraction of sp³-hybridized carbons (Fsp3) is 0.621. The summed E-state index contributed by atoms with van der Waals surface area (Å²) in [7, 11) is 1.52. The smallest absolute Gasteiger partial charge is 0.309 e. The molecule has 212 valence electrons. The molecule has 4 atom stereocenters.